The first-order valence-electron chi connectivity index (χ1n) is 10.2. The smallest absolute Gasteiger partial charge is 0.215 e. The Kier molecular flexibility index (Phi) is 4.53. The zero-order valence-corrected chi connectivity index (χ0v) is 16.3. The number of ether oxygens (including phenoxy) is 1. The van der Waals surface area contributed by atoms with E-state index in [2.05, 4.69) is 56.5 Å². The van der Waals surface area contributed by atoms with Crippen molar-refractivity contribution in [3.8, 4) is 17.0 Å². The summed E-state index contributed by atoms with van der Waals surface area (Å²) in [6, 6.07) is 16.7. The molecule has 0 saturated carbocycles. The van der Waals surface area contributed by atoms with Crippen molar-refractivity contribution in [3.05, 3.63) is 54.7 Å². The lowest BCUT2D eigenvalue weighted by atomic mass is 10.1. The van der Waals surface area contributed by atoms with Gasteiger partial charge in [-0.3, -0.25) is 4.40 Å². The molecule has 0 spiro atoms. The monoisotopic (exact) mass is 374 g/mol. The molecule has 0 N–H and O–H groups in total. The second-order valence-corrected chi connectivity index (χ2v) is 7.57. The second kappa shape index (κ2) is 7.32. The van der Waals surface area contributed by atoms with Crippen LogP contribution in [0.5, 0.6) is 5.75 Å². The molecule has 2 aromatic heterocycles. The molecule has 2 aromatic carbocycles. The predicted molar refractivity (Wildman–Crippen MR) is 113 cm³/mol. The van der Waals surface area contributed by atoms with E-state index in [9.17, 15) is 0 Å². The Bertz CT molecular complexity index is 1090. The van der Waals surface area contributed by atoms with Crippen LogP contribution in [0, 0.1) is 0 Å². The van der Waals surface area contributed by atoms with Crippen LogP contribution in [0.2, 0.25) is 0 Å². The zero-order valence-electron chi connectivity index (χ0n) is 16.3. The number of fused-ring (bicyclic) bond motifs is 3. The molecule has 5 rings (SSSR count). The Morgan fingerprint density at radius 3 is 2.50 bits per heavy atom. The molecule has 144 valence electrons. The summed E-state index contributed by atoms with van der Waals surface area (Å²) >= 11 is 0. The number of likely N-dealkylation sites (tertiary alicyclic amines) is 1. The van der Waals surface area contributed by atoms with Crippen molar-refractivity contribution in [1.82, 2.24) is 18.9 Å². The van der Waals surface area contributed by atoms with Gasteiger partial charge in [-0.05, 0) is 62.3 Å². The molecule has 1 fully saturated rings. The number of hydrogen-bond acceptors (Lipinski definition) is 3. The lowest BCUT2D eigenvalue weighted by Gasteiger charge is -2.26. The maximum Gasteiger partial charge on any atom is 0.215 e. The zero-order chi connectivity index (χ0) is 18.9. The van der Waals surface area contributed by atoms with E-state index in [1.54, 1.807) is 7.11 Å². The molecule has 1 saturated heterocycles. The van der Waals surface area contributed by atoms with Crippen LogP contribution in [0.4, 0.5) is 0 Å². The molecule has 4 aromatic rings. The topological polar surface area (TPSA) is 34.7 Å². The highest BCUT2D eigenvalue weighted by molar-refractivity contribution is 5.81. The van der Waals surface area contributed by atoms with E-state index < -0.39 is 0 Å². The van der Waals surface area contributed by atoms with Gasteiger partial charge in [0.2, 0.25) is 5.78 Å². The van der Waals surface area contributed by atoms with Crippen molar-refractivity contribution in [2.24, 2.45) is 0 Å². The number of hydrogen-bond donors (Lipinski definition) is 0. The Morgan fingerprint density at radius 1 is 0.929 bits per heavy atom. The molecule has 3 heterocycles. The fraction of sp³-hybridized carbons (Fsp3) is 0.348. The number of nitrogens with zero attached hydrogens (tertiary/aromatic N) is 4. The molecule has 5 nitrogen and oxygen atoms in total. The largest absolute Gasteiger partial charge is 0.497 e. The Balaban J connectivity index is 1.58. The number of piperidine rings is 1. The van der Waals surface area contributed by atoms with Crippen LogP contribution in [0.25, 0.3) is 28.1 Å². The first kappa shape index (κ1) is 17.3. The molecule has 0 unspecified atom stereocenters. The highest BCUT2D eigenvalue weighted by Gasteiger charge is 2.17. The minimum absolute atomic E-state index is 0.880. The van der Waals surface area contributed by atoms with Gasteiger partial charge in [-0.15, -0.1) is 0 Å². The molecule has 1 aliphatic rings. The van der Waals surface area contributed by atoms with Gasteiger partial charge in [0, 0.05) is 24.8 Å². The summed E-state index contributed by atoms with van der Waals surface area (Å²) in [6.07, 6.45) is 6.23. The fourth-order valence-electron chi connectivity index (χ4n) is 4.29. The molecular weight excluding hydrogens is 348 g/mol. The molecule has 1 aliphatic heterocycles. The van der Waals surface area contributed by atoms with Crippen LogP contribution in [-0.2, 0) is 6.54 Å². The fourth-order valence-corrected chi connectivity index (χ4v) is 4.29. The number of imidazole rings is 2. The minimum Gasteiger partial charge on any atom is -0.497 e. The maximum absolute atomic E-state index is 5.33. The molecule has 0 bridgehead atoms. The standard InChI is InChI=1S/C23H26N4O/c1-28-19-11-9-18(10-12-19)22-17-27-21-8-4-3-7-20(21)24-23(27)26(22)16-15-25-13-5-2-6-14-25/h3-4,7-12,17H,2,5-6,13-16H2,1H3. The van der Waals surface area contributed by atoms with Crippen LogP contribution in [0.1, 0.15) is 19.3 Å². The summed E-state index contributed by atoms with van der Waals surface area (Å²) in [4.78, 5) is 7.53. The first-order valence-corrected chi connectivity index (χ1v) is 10.2. The predicted octanol–water partition coefficient (Wildman–Crippen LogP) is 4.45. The van der Waals surface area contributed by atoms with E-state index in [0.717, 1.165) is 35.7 Å². The lowest BCUT2D eigenvalue weighted by molar-refractivity contribution is 0.222. The summed E-state index contributed by atoms with van der Waals surface area (Å²) in [7, 11) is 1.70. The summed E-state index contributed by atoms with van der Waals surface area (Å²) in [5, 5.41) is 0. The normalized spacial score (nSPS) is 15.5. The van der Waals surface area contributed by atoms with Gasteiger partial charge in [0.1, 0.15) is 5.75 Å². The van der Waals surface area contributed by atoms with E-state index in [1.807, 2.05) is 12.1 Å². The Morgan fingerprint density at radius 2 is 1.71 bits per heavy atom. The van der Waals surface area contributed by atoms with Crippen LogP contribution in [0.3, 0.4) is 0 Å². The average molecular weight is 374 g/mol. The van der Waals surface area contributed by atoms with Crippen molar-refractivity contribution >= 4 is 16.8 Å². The van der Waals surface area contributed by atoms with Crippen LogP contribution in [-0.4, -0.2) is 45.6 Å². The van der Waals surface area contributed by atoms with E-state index in [-0.39, 0.29) is 0 Å². The van der Waals surface area contributed by atoms with Crippen molar-refractivity contribution in [2.75, 3.05) is 26.7 Å². The number of rotatable bonds is 5. The van der Waals surface area contributed by atoms with Crippen LogP contribution in [0.15, 0.2) is 54.7 Å². The molecular formula is C23H26N4O. The van der Waals surface area contributed by atoms with E-state index >= 15 is 0 Å². The molecule has 0 radical (unpaired) electrons. The Hall–Kier alpha value is -2.79. The van der Waals surface area contributed by atoms with Crippen molar-refractivity contribution in [3.63, 3.8) is 0 Å². The van der Waals surface area contributed by atoms with E-state index in [0.29, 0.717) is 0 Å². The molecule has 5 heteroatoms. The summed E-state index contributed by atoms with van der Waals surface area (Å²) < 4.78 is 9.93. The van der Waals surface area contributed by atoms with Gasteiger partial charge in [-0.1, -0.05) is 18.6 Å². The van der Waals surface area contributed by atoms with E-state index in [1.165, 1.54) is 43.6 Å². The van der Waals surface area contributed by atoms with Gasteiger partial charge in [-0.25, -0.2) is 4.98 Å². The lowest BCUT2D eigenvalue weighted by Crippen LogP contribution is -2.32. The van der Waals surface area contributed by atoms with Crippen LogP contribution >= 0.6 is 0 Å². The highest BCUT2D eigenvalue weighted by Crippen LogP contribution is 2.28. The van der Waals surface area contributed by atoms with Gasteiger partial charge in [0.05, 0.1) is 23.8 Å². The van der Waals surface area contributed by atoms with Gasteiger partial charge in [0.25, 0.3) is 0 Å². The maximum atomic E-state index is 5.33. The third kappa shape index (κ3) is 3.06. The Labute approximate surface area is 165 Å². The van der Waals surface area contributed by atoms with Gasteiger partial charge in [0.15, 0.2) is 0 Å². The SMILES string of the molecule is COc1ccc(-c2cn3c4ccccc4nc3n2CCN2CCCCC2)cc1. The molecule has 0 aliphatic carbocycles. The van der Waals surface area contributed by atoms with Gasteiger partial charge in [-0.2, -0.15) is 0 Å². The number of methoxy groups -OCH3 is 1. The molecule has 28 heavy (non-hydrogen) atoms. The second-order valence-electron chi connectivity index (χ2n) is 7.57. The average Bonchev–Trinajstić information content (AvgIpc) is 3.29. The molecule has 0 atom stereocenters. The first-order chi connectivity index (χ1) is 13.8. The number of para-hydroxylation sites is 2. The van der Waals surface area contributed by atoms with Crippen molar-refractivity contribution in [1.29, 1.82) is 0 Å². The van der Waals surface area contributed by atoms with Crippen molar-refractivity contribution in [2.45, 2.75) is 25.8 Å². The highest BCUT2D eigenvalue weighted by atomic mass is 16.5. The van der Waals surface area contributed by atoms with Gasteiger partial charge < -0.3 is 14.2 Å². The third-order valence-corrected chi connectivity index (χ3v) is 5.84. The quantitative estimate of drug-likeness (QED) is 0.518. The van der Waals surface area contributed by atoms with Crippen LogP contribution < -0.4 is 4.74 Å². The van der Waals surface area contributed by atoms with E-state index in [4.69, 9.17) is 9.72 Å². The minimum atomic E-state index is 0.880. The number of aromatic nitrogens is 3. The number of benzene rings is 2. The van der Waals surface area contributed by atoms with Crippen molar-refractivity contribution < 1.29 is 4.74 Å². The third-order valence-electron chi connectivity index (χ3n) is 5.84. The summed E-state index contributed by atoms with van der Waals surface area (Å²) in [5.74, 6) is 1.90. The van der Waals surface area contributed by atoms with Gasteiger partial charge >= 0.3 is 0 Å². The summed E-state index contributed by atoms with van der Waals surface area (Å²) in [5.41, 5.74) is 4.59. The molecule has 0 amide bonds. The summed E-state index contributed by atoms with van der Waals surface area (Å²) in [6.45, 7) is 4.44.